The first-order valence-corrected chi connectivity index (χ1v) is 9.61. The maximum absolute atomic E-state index is 11.9. The van der Waals surface area contributed by atoms with Crippen molar-refractivity contribution in [3.05, 3.63) is 46.3 Å². The number of carbonyl (C=O) groups is 1. The molecule has 0 unspecified atom stereocenters. The summed E-state index contributed by atoms with van der Waals surface area (Å²) in [6.45, 7) is 4.03. The molecule has 0 radical (unpaired) electrons. The van der Waals surface area contributed by atoms with Gasteiger partial charge < -0.3 is 10.1 Å². The summed E-state index contributed by atoms with van der Waals surface area (Å²) in [7, 11) is -2.08. The minimum absolute atomic E-state index is 0.0846. The Hall–Kier alpha value is -1.90. The SMILES string of the molecule is CNS(=O)(=O)c1ccc(CNC(=O)COc2c(C)cccc2C)s1. The number of ether oxygens (including phenoxy) is 1. The second kappa shape index (κ2) is 7.78. The van der Waals surface area contributed by atoms with Crippen LogP contribution in [-0.4, -0.2) is 28.0 Å². The lowest BCUT2D eigenvalue weighted by molar-refractivity contribution is -0.123. The van der Waals surface area contributed by atoms with Gasteiger partial charge in [-0.25, -0.2) is 13.1 Å². The van der Waals surface area contributed by atoms with Gasteiger partial charge in [-0.2, -0.15) is 0 Å². The van der Waals surface area contributed by atoms with Crippen molar-refractivity contribution in [3.63, 3.8) is 0 Å². The summed E-state index contributed by atoms with van der Waals surface area (Å²) in [6, 6.07) is 8.99. The molecule has 0 atom stereocenters. The van der Waals surface area contributed by atoms with Crippen LogP contribution in [0.3, 0.4) is 0 Å². The molecular weight excluding hydrogens is 348 g/mol. The zero-order chi connectivity index (χ0) is 17.7. The normalized spacial score (nSPS) is 11.3. The van der Waals surface area contributed by atoms with Crippen molar-refractivity contribution in [3.8, 4) is 5.75 Å². The summed E-state index contributed by atoms with van der Waals surface area (Å²) in [5.74, 6) is 0.454. The third kappa shape index (κ3) is 4.56. The van der Waals surface area contributed by atoms with Gasteiger partial charge in [-0.05, 0) is 44.2 Å². The summed E-state index contributed by atoms with van der Waals surface area (Å²) in [4.78, 5) is 12.7. The van der Waals surface area contributed by atoms with E-state index in [2.05, 4.69) is 10.0 Å². The molecule has 2 aromatic rings. The van der Waals surface area contributed by atoms with Crippen LogP contribution in [0.5, 0.6) is 5.75 Å². The van der Waals surface area contributed by atoms with Crippen LogP contribution in [0.2, 0.25) is 0 Å². The molecule has 1 heterocycles. The van der Waals surface area contributed by atoms with Crippen molar-refractivity contribution in [1.29, 1.82) is 0 Å². The summed E-state index contributed by atoms with van der Waals surface area (Å²) in [5.41, 5.74) is 1.95. The molecule has 6 nitrogen and oxygen atoms in total. The van der Waals surface area contributed by atoms with Crippen LogP contribution in [-0.2, 0) is 21.4 Å². The summed E-state index contributed by atoms with van der Waals surface area (Å²) < 4.78 is 31.4. The molecule has 8 heteroatoms. The average molecular weight is 368 g/mol. The molecule has 130 valence electrons. The molecule has 0 aliphatic rings. The van der Waals surface area contributed by atoms with Gasteiger partial charge in [-0.3, -0.25) is 4.79 Å². The Labute approximate surface area is 145 Å². The van der Waals surface area contributed by atoms with Crippen molar-refractivity contribution in [2.24, 2.45) is 0 Å². The van der Waals surface area contributed by atoms with Crippen molar-refractivity contribution >= 4 is 27.3 Å². The van der Waals surface area contributed by atoms with Gasteiger partial charge in [0.05, 0.1) is 6.54 Å². The van der Waals surface area contributed by atoms with Crippen molar-refractivity contribution in [2.75, 3.05) is 13.7 Å². The lowest BCUT2D eigenvalue weighted by atomic mass is 10.1. The second-order valence-corrected chi connectivity index (χ2v) is 8.50. The minimum atomic E-state index is -3.44. The number of para-hydroxylation sites is 1. The topological polar surface area (TPSA) is 84.5 Å². The second-order valence-electron chi connectivity index (χ2n) is 5.21. The van der Waals surface area contributed by atoms with E-state index >= 15 is 0 Å². The minimum Gasteiger partial charge on any atom is -0.483 e. The van der Waals surface area contributed by atoms with Gasteiger partial charge >= 0.3 is 0 Å². The number of benzene rings is 1. The molecule has 0 saturated carbocycles. The first-order valence-electron chi connectivity index (χ1n) is 7.31. The number of thiophene rings is 1. The van der Waals surface area contributed by atoms with E-state index in [0.29, 0.717) is 5.75 Å². The fourth-order valence-electron chi connectivity index (χ4n) is 2.10. The smallest absolute Gasteiger partial charge is 0.258 e. The van der Waals surface area contributed by atoms with Gasteiger partial charge in [-0.1, -0.05) is 18.2 Å². The molecular formula is C16H20N2O4S2. The molecule has 0 saturated heterocycles. The number of aryl methyl sites for hydroxylation is 2. The number of amides is 1. The Morgan fingerprint density at radius 1 is 1.17 bits per heavy atom. The predicted octanol–water partition coefficient (Wildman–Crippen LogP) is 1.97. The Morgan fingerprint density at radius 2 is 1.83 bits per heavy atom. The van der Waals surface area contributed by atoms with Gasteiger partial charge in [0.25, 0.3) is 5.91 Å². The maximum atomic E-state index is 11.9. The number of rotatable bonds is 7. The number of nitrogens with one attached hydrogen (secondary N) is 2. The van der Waals surface area contributed by atoms with Gasteiger partial charge in [0.2, 0.25) is 10.0 Å². The highest BCUT2D eigenvalue weighted by Crippen LogP contribution is 2.22. The van der Waals surface area contributed by atoms with Crippen LogP contribution in [0.15, 0.2) is 34.5 Å². The number of hydrogen-bond acceptors (Lipinski definition) is 5. The summed E-state index contributed by atoms with van der Waals surface area (Å²) >= 11 is 1.12. The molecule has 24 heavy (non-hydrogen) atoms. The third-order valence-corrected chi connectivity index (χ3v) is 6.38. The molecule has 1 amide bonds. The van der Waals surface area contributed by atoms with Gasteiger partial charge in [0.1, 0.15) is 9.96 Å². The molecule has 0 fully saturated rings. The van der Waals surface area contributed by atoms with Crippen molar-refractivity contribution in [1.82, 2.24) is 10.0 Å². The predicted molar refractivity (Wildman–Crippen MR) is 93.8 cm³/mol. The fraction of sp³-hybridized carbons (Fsp3) is 0.312. The molecule has 1 aromatic carbocycles. The quantitative estimate of drug-likeness (QED) is 0.782. The lowest BCUT2D eigenvalue weighted by Gasteiger charge is -2.11. The van der Waals surface area contributed by atoms with E-state index in [4.69, 9.17) is 4.74 Å². The highest BCUT2D eigenvalue weighted by atomic mass is 32.2. The fourth-order valence-corrected chi connectivity index (χ4v) is 4.23. The Balaban J connectivity index is 1.88. The van der Waals surface area contributed by atoms with Gasteiger partial charge in [-0.15, -0.1) is 11.3 Å². The highest BCUT2D eigenvalue weighted by Gasteiger charge is 2.14. The number of hydrogen-bond donors (Lipinski definition) is 2. The van der Waals surface area contributed by atoms with E-state index in [1.54, 1.807) is 6.07 Å². The highest BCUT2D eigenvalue weighted by molar-refractivity contribution is 7.91. The summed E-state index contributed by atoms with van der Waals surface area (Å²) in [5, 5.41) is 2.72. The van der Waals surface area contributed by atoms with E-state index in [1.807, 2.05) is 32.0 Å². The van der Waals surface area contributed by atoms with E-state index < -0.39 is 10.0 Å². The van der Waals surface area contributed by atoms with Crippen molar-refractivity contribution in [2.45, 2.75) is 24.6 Å². The van der Waals surface area contributed by atoms with Crippen LogP contribution in [0, 0.1) is 13.8 Å². The van der Waals surface area contributed by atoms with Gasteiger partial charge in [0.15, 0.2) is 6.61 Å². The zero-order valence-electron chi connectivity index (χ0n) is 13.8. The molecule has 1 aromatic heterocycles. The van der Waals surface area contributed by atoms with E-state index in [-0.39, 0.29) is 23.3 Å². The molecule has 0 aliphatic carbocycles. The molecule has 0 spiro atoms. The van der Waals surface area contributed by atoms with Crippen LogP contribution in [0.4, 0.5) is 0 Å². The monoisotopic (exact) mass is 368 g/mol. The maximum Gasteiger partial charge on any atom is 0.258 e. The largest absolute Gasteiger partial charge is 0.483 e. The first kappa shape index (κ1) is 18.4. The van der Waals surface area contributed by atoms with Crippen LogP contribution < -0.4 is 14.8 Å². The standard InChI is InChI=1S/C16H20N2O4S2/c1-11-5-4-6-12(2)16(11)22-10-14(19)18-9-13-7-8-15(23-13)24(20,21)17-3/h4-8,17H,9-10H2,1-3H3,(H,18,19). The Bertz CT molecular complexity index is 808. The number of carbonyl (C=O) groups excluding carboxylic acids is 1. The van der Waals surface area contributed by atoms with Crippen LogP contribution >= 0.6 is 11.3 Å². The average Bonchev–Trinajstić information content (AvgIpc) is 3.02. The lowest BCUT2D eigenvalue weighted by Crippen LogP contribution is -2.28. The molecule has 0 bridgehead atoms. The van der Waals surface area contributed by atoms with Crippen LogP contribution in [0.25, 0.3) is 0 Å². The first-order chi connectivity index (χ1) is 11.3. The Kier molecular flexibility index (Phi) is 5.98. The molecule has 0 aliphatic heterocycles. The molecule has 2 rings (SSSR count). The summed E-state index contributed by atoms with van der Waals surface area (Å²) in [6.07, 6.45) is 0. The van der Waals surface area contributed by atoms with Gasteiger partial charge in [0, 0.05) is 4.88 Å². The third-order valence-electron chi connectivity index (χ3n) is 3.39. The molecule has 2 N–H and O–H groups in total. The van der Waals surface area contributed by atoms with E-state index in [9.17, 15) is 13.2 Å². The van der Waals surface area contributed by atoms with Crippen LogP contribution in [0.1, 0.15) is 16.0 Å². The van der Waals surface area contributed by atoms with Crippen molar-refractivity contribution < 1.29 is 17.9 Å². The zero-order valence-corrected chi connectivity index (χ0v) is 15.4. The Morgan fingerprint density at radius 3 is 2.46 bits per heavy atom. The number of sulfonamides is 1. The van der Waals surface area contributed by atoms with E-state index in [1.165, 1.54) is 13.1 Å². The van der Waals surface area contributed by atoms with E-state index in [0.717, 1.165) is 27.3 Å².